The Balaban J connectivity index is 1.84. The molecule has 2 aromatic heterocycles. The number of nitrogens with two attached hydrogens (primary N) is 1. The molecule has 0 aromatic carbocycles. The van der Waals surface area contributed by atoms with Crippen molar-refractivity contribution in [3.05, 3.63) is 60.0 Å². The molecule has 3 rings (SSSR count). The number of nitrogens with zero attached hydrogens (tertiary/aromatic N) is 4. The molecular weight excluding hydrogens is 290 g/mol. The van der Waals surface area contributed by atoms with E-state index >= 15 is 0 Å². The highest BCUT2D eigenvalue weighted by molar-refractivity contribution is 6.01. The van der Waals surface area contributed by atoms with E-state index in [-0.39, 0.29) is 6.04 Å². The molecule has 0 fully saturated rings. The molecule has 0 saturated heterocycles. The van der Waals surface area contributed by atoms with Crippen LogP contribution >= 0.6 is 0 Å². The molecule has 0 aliphatic carbocycles. The number of aliphatic imine (C=N–C) groups is 1. The molecule has 1 aliphatic heterocycles. The minimum atomic E-state index is 0.00505. The van der Waals surface area contributed by atoms with Crippen LogP contribution in [0.1, 0.15) is 44.0 Å². The van der Waals surface area contributed by atoms with Crippen molar-refractivity contribution in [3.63, 3.8) is 0 Å². The van der Waals surface area contributed by atoms with Crippen LogP contribution in [0.4, 0.5) is 0 Å². The minimum Gasteiger partial charge on any atom is -0.444 e. The third kappa shape index (κ3) is 3.26. The van der Waals surface area contributed by atoms with Crippen LogP contribution in [0, 0.1) is 0 Å². The Morgan fingerprint density at radius 1 is 1.35 bits per heavy atom. The fourth-order valence-electron chi connectivity index (χ4n) is 2.55. The molecule has 2 aromatic rings. The second-order valence-electron chi connectivity index (χ2n) is 5.95. The van der Waals surface area contributed by atoms with Crippen LogP contribution in [0.25, 0.3) is 0 Å². The van der Waals surface area contributed by atoms with E-state index in [1.165, 1.54) is 6.26 Å². The Morgan fingerprint density at radius 2 is 2.17 bits per heavy atom. The summed E-state index contributed by atoms with van der Waals surface area (Å²) in [5.74, 6) is 1.34. The largest absolute Gasteiger partial charge is 0.444 e. The second-order valence-corrected chi connectivity index (χ2v) is 5.95. The monoisotopic (exact) mass is 311 g/mol. The smallest absolute Gasteiger partial charge is 0.242 e. The van der Waals surface area contributed by atoms with E-state index in [4.69, 9.17) is 15.1 Å². The summed E-state index contributed by atoms with van der Waals surface area (Å²) in [4.78, 5) is 15.4. The predicted molar refractivity (Wildman–Crippen MR) is 88.6 cm³/mol. The summed E-state index contributed by atoms with van der Waals surface area (Å²) in [6.07, 6.45) is 5.00. The first kappa shape index (κ1) is 15.3. The summed E-state index contributed by atoms with van der Waals surface area (Å²) in [6, 6.07) is 6.13. The Bertz CT molecular complexity index is 733. The zero-order valence-corrected chi connectivity index (χ0v) is 13.6. The molecule has 23 heavy (non-hydrogen) atoms. The molecule has 2 N–H and O–H groups in total. The van der Waals surface area contributed by atoms with Gasteiger partial charge in [-0.15, -0.1) is 0 Å². The van der Waals surface area contributed by atoms with Gasteiger partial charge in [0.25, 0.3) is 0 Å². The quantitative estimate of drug-likeness (QED) is 0.939. The molecule has 6 heteroatoms. The average molecular weight is 311 g/mol. The van der Waals surface area contributed by atoms with Gasteiger partial charge in [-0.3, -0.25) is 4.98 Å². The number of hydrogen-bond acceptors (Lipinski definition) is 6. The van der Waals surface area contributed by atoms with Gasteiger partial charge in [-0.2, -0.15) is 0 Å². The normalized spacial score (nSPS) is 18.1. The lowest BCUT2D eigenvalue weighted by atomic mass is 10.1. The van der Waals surface area contributed by atoms with Gasteiger partial charge < -0.3 is 15.1 Å². The van der Waals surface area contributed by atoms with Crippen LogP contribution < -0.4 is 5.73 Å². The van der Waals surface area contributed by atoms with Crippen molar-refractivity contribution in [2.75, 3.05) is 0 Å². The first-order valence-electron chi connectivity index (χ1n) is 7.72. The maximum atomic E-state index is 5.96. The van der Waals surface area contributed by atoms with Crippen LogP contribution in [0.5, 0.6) is 0 Å². The van der Waals surface area contributed by atoms with Crippen LogP contribution in [0.15, 0.2) is 52.1 Å². The van der Waals surface area contributed by atoms with Gasteiger partial charge in [-0.1, -0.05) is 19.9 Å². The van der Waals surface area contributed by atoms with E-state index in [1.807, 2.05) is 18.3 Å². The summed E-state index contributed by atoms with van der Waals surface area (Å²) >= 11 is 0. The molecule has 0 amide bonds. The van der Waals surface area contributed by atoms with Crippen molar-refractivity contribution < 1.29 is 4.42 Å². The Hall–Kier alpha value is -2.63. The van der Waals surface area contributed by atoms with Gasteiger partial charge in [0.2, 0.25) is 5.89 Å². The van der Waals surface area contributed by atoms with Gasteiger partial charge in [0.1, 0.15) is 17.8 Å². The molecule has 0 bridgehead atoms. The van der Waals surface area contributed by atoms with Crippen molar-refractivity contribution in [1.29, 1.82) is 0 Å². The summed E-state index contributed by atoms with van der Waals surface area (Å²) in [5, 5.41) is 0. The highest BCUT2D eigenvalue weighted by atomic mass is 16.3. The fourth-order valence-corrected chi connectivity index (χ4v) is 2.55. The molecule has 1 aliphatic rings. The summed E-state index contributed by atoms with van der Waals surface area (Å²) in [5.41, 5.74) is 8.78. The van der Waals surface area contributed by atoms with E-state index in [0.717, 1.165) is 17.1 Å². The van der Waals surface area contributed by atoms with Gasteiger partial charge in [0.15, 0.2) is 0 Å². The molecule has 1 atom stereocenters. The number of hydrogen-bond donors (Lipinski definition) is 1. The predicted octanol–water partition coefficient (Wildman–Crippen LogP) is 2.64. The molecule has 0 saturated carbocycles. The van der Waals surface area contributed by atoms with Gasteiger partial charge in [-0.05, 0) is 25.0 Å². The Labute approximate surface area is 135 Å². The van der Waals surface area contributed by atoms with Crippen molar-refractivity contribution in [2.45, 2.75) is 39.3 Å². The van der Waals surface area contributed by atoms with Gasteiger partial charge in [0, 0.05) is 11.9 Å². The van der Waals surface area contributed by atoms with E-state index in [9.17, 15) is 0 Å². The van der Waals surface area contributed by atoms with E-state index < -0.39 is 0 Å². The summed E-state index contributed by atoms with van der Waals surface area (Å²) in [6.45, 7) is 6.99. The lowest BCUT2D eigenvalue weighted by Gasteiger charge is -2.30. The van der Waals surface area contributed by atoms with E-state index in [0.29, 0.717) is 24.2 Å². The van der Waals surface area contributed by atoms with Crippen LogP contribution in [-0.2, 0) is 6.54 Å². The SMILES string of the molecule is CC(C)c1cccc(CN2C=C(N)N=C(c3ncco3)C2C)n1. The van der Waals surface area contributed by atoms with E-state index in [2.05, 4.69) is 41.7 Å². The minimum absolute atomic E-state index is 0.00505. The van der Waals surface area contributed by atoms with Crippen molar-refractivity contribution in [1.82, 2.24) is 14.9 Å². The van der Waals surface area contributed by atoms with Gasteiger partial charge >= 0.3 is 0 Å². The highest BCUT2D eigenvalue weighted by Gasteiger charge is 2.26. The number of pyridine rings is 1. The van der Waals surface area contributed by atoms with E-state index in [1.54, 1.807) is 6.20 Å². The number of rotatable bonds is 4. The zero-order valence-electron chi connectivity index (χ0n) is 13.6. The molecule has 120 valence electrons. The zero-order chi connectivity index (χ0) is 16.4. The molecule has 6 nitrogen and oxygen atoms in total. The lowest BCUT2D eigenvalue weighted by Crippen LogP contribution is -2.39. The maximum absolute atomic E-state index is 5.96. The third-order valence-electron chi connectivity index (χ3n) is 3.86. The first-order chi connectivity index (χ1) is 11.0. The third-order valence-corrected chi connectivity index (χ3v) is 3.86. The van der Waals surface area contributed by atoms with Gasteiger partial charge in [-0.25, -0.2) is 9.98 Å². The van der Waals surface area contributed by atoms with Crippen LogP contribution in [0.2, 0.25) is 0 Å². The van der Waals surface area contributed by atoms with Crippen molar-refractivity contribution in [3.8, 4) is 0 Å². The maximum Gasteiger partial charge on any atom is 0.242 e. The number of oxazole rings is 1. The van der Waals surface area contributed by atoms with Crippen LogP contribution in [0.3, 0.4) is 0 Å². The molecule has 0 spiro atoms. The van der Waals surface area contributed by atoms with Crippen molar-refractivity contribution in [2.24, 2.45) is 10.7 Å². The first-order valence-corrected chi connectivity index (χ1v) is 7.72. The fraction of sp³-hybridized carbons (Fsp3) is 0.353. The van der Waals surface area contributed by atoms with Crippen LogP contribution in [-0.4, -0.2) is 26.6 Å². The van der Waals surface area contributed by atoms with Gasteiger partial charge in [0.05, 0.1) is 24.5 Å². The summed E-state index contributed by atoms with van der Waals surface area (Å²) < 4.78 is 5.37. The molecule has 0 radical (unpaired) electrons. The average Bonchev–Trinajstić information content (AvgIpc) is 3.05. The Kier molecular flexibility index (Phi) is 4.14. The molecule has 1 unspecified atom stereocenters. The van der Waals surface area contributed by atoms with Crippen molar-refractivity contribution >= 4 is 5.71 Å². The Morgan fingerprint density at radius 3 is 2.87 bits per heavy atom. The summed E-state index contributed by atoms with van der Waals surface area (Å²) in [7, 11) is 0. The lowest BCUT2D eigenvalue weighted by molar-refractivity contribution is 0.327. The highest BCUT2D eigenvalue weighted by Crippen LogP contribution is 2.19. The number of aromatic nitrogens is 2. The second kappa shape index (κ2) is 6.24. The molecule has 3 heterocycles. The molecular formula is C17H21N5O. The standard InChI is InChI=1S/C17H21N5O/c1-11(2)14-6-4-5-13(20-14)9-22-10-15(18)21-16(12(22)3)17-19-7-8-23-17/h4-8,10-12H,9,18H2,1-3H3. The topological polar surface area (TPSA) is 80.5 Å².